The van der Waals surface area contributed by atoms with Gasteiger partial charge in [-0.1, -0.05) is 71.7 Å². The SMILES string of the molecule is CC(C)Oc1cccc(CC(=O)N2CCC[C@@](CC[N+]34CCC(c5ccccc5)(CC3)CC4)(c3ccc(Cl)c(Cl)c3)C2)c1. The van der Waals surface area contributed by atoms with E-state index in [1.165, 1.54) is 54.5 Å². The summed E-state index contributed by atoms with van der Waals surface area (Å²) >= 11 is 13.0. The first-order valence-corrected chi connectivity index (χ1v) is 16.9. The number of benzene rings is 3. The van der Waals surface area contributed by atoms with Gasteiger partial charge in [0, 0.05) is 49.6 Å². The molecule has 7 rings (SSSR count). The number of rotatable bonds is 9. The number of carbonyl (C=O) groups excluding carboxylic acids is 1. The first-order valence-electron chi connectivity index (χ1n) is 16.1. The van der Waals surface area contributed by atoms with Crippen molar-refractivity contribution in [2.75, 3.05) is 39.3 Å². The van der Waals surface area contributed by atoms with Gasteiger partial charge in [-0.2, -0.15) is 0 Å². The van der Waals surface area contributed by atoms with Gasteiger partial charge in [0.25, 0.3) is 0 Å². The molecular weight excluding hydrogens is 575 g/mol. The number of nitrogens with zero attached hydrogens (tertiary/aromatic N) is 2. The molecule has 0 unspecified atom stereocenters. The molecule has 4 heterocycles. The first kappa shape index (κ1) is 30.5. The van der Waals surface area contributed by atoms with Gasteiger partial charge in [0.15, 0.2) is 0 Å². The Kier molecular flexibility index (Phi) is 8.84. The summed E-state index contributed by atoms with van der Waals surface area (Å²) in [5.74, 6) is 0.999. The van der Waals surface area contributed by atoms with E-state index >= 15 is 0 Å². The molecule has 0 aromatic heterocycles. The van der Waals surface area contributed by atoms with Crippen molar-refractivity contribution in [3.8, 4) is 5.75 Å². The maximum Gasteiger partial charge on any atom is 0.227 e. The minimum atomic E-state index is -0.136. The molecule has 0 N–H and O–H groups in total. The lowest BCUT2D eigenvalue weighted by Crippen LogP contribution is -2.64. The van der Waals surface area contributed by atoms with Crippen molar-refractivity contribution in [1.82, 2.24) is 4.90 Å². The van der Waals surface area contributed by atoms with E-state index in [0.717, 1.165) is 50.2 Å². The Hall–Kier alpha value is -2.53. The lowest BCUT2D eigenvalue weighted by molar-refractivity contribution is -0.944. The lowest BCUT2D eigenvalue weighted by Gasteiger charge is -2.56. The van der Waals surface area contributed by atoms with Crippen LogP contribution in [0.1, 0.15) is 69.1 Å². The van der Waals surface area contributed by atoms with E-state index in [4.69, 9.17) is 27.9 Å². The van der Waals surface area contributed by atoms with Gasteiger partial charge < -0.3 is 14.1 Å². The van der Waals surface area contributed by atoms with Crippen molar-refractivity contribution >= 4 is 29.1 Å². The highest BCUT2D eigenvalue weighted by molar-refractivity contribution is 6.42. The summed E-state index contributed by atoms with van der Waals surface area (Å²) < 4.78 is 7.09. The number of halogens is 2. The molecule has 4 nitrogen and oxygen atoms in total. The maximum absolute atomic E-state index is 13.8. The Balaban J connectivity index is 1.20. The number of fused-ring (bicyclic) bond motifs is 3. The fourth-order valence-electron chi connectivity index (χ4n) is 8.12. The average Bonchev–Trinajstić information content (AvgIpc) is 3.03. The zero-order valence-electron chi connectivity index (χ0n) is 25.7. The van der Waals surface area contributed by atoms with Crippen LogP contribution in [0.25, 0.3) is 0 Å². The number of quaternary nitrogens is 1. The van der Waals surface area contributed by atoms with Crippen LogP contribution in [-0.2, 0) is 22.0 Å². The maximum atomic E-state index is 13.8. The second-order valence-corrected chi connectivity index (χ2v) is 14.5. The third-order valence-electron chi connectivity index (χ3n) is 10.7. The molecule has 3 aromatic carbocycles. The Morgan fingerprint density at radius 2 is 1.63 bits per heavy atom. The van der Waals surface area contributed by atoms with Gasteiger partial charge in [-0.05, 0) is 67.6 Å². The van der Waals surface area contributed by atoms with Gasteiger partial charge in [0.05, 0.1) is 48.7 Å². The zero-order chi connectivity index (χ0) is 30.1. The Labute approximate surface area is 267 Å². The normalized spacial score (nSPS) is 27.0. The molecule has 2 bridgehead atoms. The van der Waals surface area contributed by atoms with Gasteiger partial charge in [-0.15, -0.1) is 0 Å². The number of likely N-dealkylation sites (tertiary alicyclic amines) is 1. The van der Waals surface area contributed by atoms with E-state index in [9.17, 15) is 4.79 Å². The third kappa shape index (κ3) is 6.48. The highest BCUT2D eigenvalue weighted by Crippen LogP contribution is 2.48. The van der Waals surface area contributed by atoms with Crippen molar-refractivity contribution in [3.63, 3.8) is 0 Å². The van der Waals surface area contributed by atoms with Gasteiger partial charge in [-0.3, -0.25) is 4.79 Å². The number of piperidine rings is 4. The van der Waals surface area contributed by atoms with E-state index in [-0.39, 0.29) is 17.4 Å². The number of ether oxygens (including phenoxy) is 1. The molecule has 4 saturated heterocycles. The van der Waals surface area contributed by atoms with E-state index in [1.807, 2.05) is 44.2 Å². The molecule has 0 spiro atoms. The summed E-state index contributed by atoms with van der Waals surface area (Å²) in [4.78, 5) is 15.9. The minimum Gasteiger partial charge on any atom is -0.491 e. The summed E-state index contributed by atoms with van der Waals surface area (Å²) in [6.07, 6.45) is 7.36. The van der Waals surface area contributed by atoms with Crippen molar-refractivity contribution in [2.24, 2.45) is 0 Å². The molecule has 43 heavy (non-hydrogen) atoms. The summed E-state index contributed by atoms with van der Waals surface area (Å²) in [5, 5.41) is 1.18. The quantitative estimate of drug-likeness (QED) is 0.226. The molecule has 4 aliphatic rings. The number of carbonyl (C=O) groups is 1. The third-order valence-corrected chi connectivity index (χ3v) is 11.5. The van der Waals surface area contributed by atoms with Gasteiger partial charge in [0.1, 0.15) is 5.75 Å². The molecule has 1 amide bonds. The Morgan fingerprint density at radius 1 is 0.884 bits per heavy atom. The highest BCUT2D eigenvalue weighted by atomic mass is 35.5. The monoisotopic (exact) mass is 619 g/mol. The smallest absolute Gasteiger partial charge is 0.227 e. The number of hydrogen-bond donors (Lipinski definition) is 0. The van der Waals surface area contributed by atoms with Crippen LogP contribution in [-0.4, -0.2) is 60.7 Å². The molecule has 6 heteroatoms. The molecule has 0 aliphatic carbocycles. The predicted octanol–water partition coefficient (Wildman–Crippen LogP) is 8.23. The standard InChI is InChI=1S/C37H45Cl2N2O2/c1-28(2)43-32-11-6-8-29(24-32)25-35(42)40-19-7-14-37(27-40,31-12-13-33(38)34(39)26-31)18-23-41-20-15-36(16-21-41,17-22-41)30-9-4-3-5-10-30/h3-6,8-13,24,26,28H,7,14-23,25,27H2,1-2H3/q+1/t36?,37-,41?/m0/s1. The van der Waals surface area contributed by atoms with Crippen LogP contribution in [0.3, 0.4) is 0 Å². The number of hydrogen-bond acceptors (Lipinski definition) is 2. The summed E-state index contributed by atoms with van der Waals surface area (Å²) in [5.41, 5.74) is 3.97. The highest BCUT2D eigenvalue weighted by Gasteiger charge is 2.51. The number of amides is 1. The molecule has 4 fully saturated rings. The molecule has 0 radical (unpaired) electrons. The second-order valence-electron chi connectivity index (χ2n) is 13.7. The van der Waals surface area contributed by atoms with Crippen molar-refractivity contribution < 1.29 is 14.0 Å². The summed E-state index contributed by atoms with van der Waals surface area (Å²) in [7, 11) is 0. The average molecular weight is 621 g/mol. The van der Waals surface area contributed by atoms with Crippen LogP contribution >= 0.6 is 23.2 Å². The lowest BCUT2D eigenvalue weighted by atomic mass is 9.65. The van der Waals surface area contributed by atoms with E-state index < -0.39 is 0 Å². The molecule has 4 aliphatic heterocycles. The predicted molar refractivity (Wildman–Crippen MR) is 176 cm³/mol. The van der Waals surface area contributed by atoms with Gasteiger partial charge in [-0.25, -0.2) is 0 Å². The second kappa shape index (κ2) is 12.5. The molecular formula is C37H45Cl2N2O2+. The van der Waals surface area contributed by atoms with Crippen LogP contribution in [0, 0.1) is 0 Å². The van der Waals surface area contributed by atoms with Gasteiger partial charge in [0.2, 0.25) is 5.91 Å². The molecule has 3 aromatic rings. The Morgan fingerprint density at radius 3 is 2.33 bits per heavy atom. The fourth-order valence-corrected chi connectivity index (χ4v) is 8.42. The first-order chi connectivity index (χ1) is 20.7. The van der Waals surface area contributed by atoms with Crippen LogP contribution in [0.15, 0.2) is 72.8 Å². The van der Waals surface area contributed by atoms with Crippen molar-refractivity contribution in [1.29, 1.82) is 0 Å². The van der Waals surface area contributed by atoms with E-state index in [0.29, 0.717) is 21.9 Å². The van der Waals surface area contributed by atoms with Gasteiger partial charge >= 0.3 is 0 Å². The topological polar surface area (TPSA) is 29.5 Å². The molecule has 1 atom stereocenters. The largest absolute Gasteiger partial charge is 0.491 e. The van der Waals surface area contributed by atoms with Crippen molar-refractivity contribution in [2.45, 2.75) is 75.7 Å². The van der Waals surface area contributed by atoms with Crippen LogP contribution < -0.4 is 4.74 Å². The molecule has 228 valence electrons. The van der Waals surface area contributed by atoms with Crippen LogP contribution in [0.2, 0.25) is 10.0 Å². The zero-order valence-corrected chi connectivity index (χ0v) is 27.2. The minimum absolute atomic E-state index is 0.0980. The van der Waals surface area contributed by atoms with Crippen molar-refractivity contribution in [3.05, 3.63) is 99.5 Å². The Bertz CT molecular complexity index is 1420. The van der Waals surface area contributed by atoms with E-state index in [2.05, 4.69) is 47.4 Å². The van der Waals surface area contributed by atoms with Crippen LogP contribution in [0.4, 0.5) is 0 Å². The van der Waals surface area contributed by atoms with E-state index in [1.54, 1.807) is 0 Å². The van der Waals surface area contributed by atoms with Crippen LogP contribution in [0.5, 0.6) is 5.75 Å². The summed E-state index contributed by atoms with van der Waals surface area (Å²) in [6, 6.07) is 25.3. The fraction of sp³-hybridized carbons (Fsp3) is 0.486. The molecule has 0 saturated carbocycles. The summed E-state index contributed by atoms with van der Waals surface area (Å²) in [6.45, 7) is 10.4.